The molecule has 1 aliphatic rings. The van der Waals surface area contributed by atoms with E-state index in [1.54, 1.807) is 6.07 Å². The minimum absolute atomic E-state index is 0.128. The van der Waals surface area contributed by atoms with Gasteiger partial charge in [0.1, 0.15) is 5.73 Å². The van der Waals surface area contributed by atoms with E-state index < -0.39 is 29.0 Å². The third kappa shape index (κ3) is 3.29. The molecule has 0 atom stereocenters. The lowest BCUT2D eigenvalue weighted by molar-refractivity contribution is -0.384. The van der Waals surface area contributed by atoms with Gasteiger partial charge >= 0.3 is 7.12 Å². The zero-order valence-corrected chi connectivity index (χ0v) is 13.6. The summed E-state index contributed by atoms with van der Waals surface area (Å²) in [6.45, 7) is 7.13. The van der Waals surface area contributed by atoms with Crippen LogP contribution >= 0.6 is 0 Å². The maximum Gasteiger partial charge on any atom is 0.525 e. The van der Waals surface area contributed by atoms with Crippen molar-refractivity contribution in [3.8, 4) is 0 Å². The molecule has 1 aliphatic heterocycles. The lowest BCUT2D eigenvalue weighted by atomic mass is 9.82. The summed E-state index contributed by atoms with van der Waals surface area (Å²) in [5, 5.41) is 10.9. The van der Waals surface area contributed by atoms with Gasteiger partial charge in [-0.25, -0.2) is 4.39 Å². The molecule has 0 aliphatic carbocycles. The first-order valence-electron chi connectivity index (χ1n) is 7.28. The summed E-state index contributed by atoms with van der Waals surface area (Å²) in [6.07, 6.45) is 0. The van der Waals surface area contributed by atoms with Crippen molar-refractivity contribution < 1.29 is 18.6 Å². The summed E-state index contributed by atoms with van der Waals surface area (Å²) in [5.41, 5.74) is 3.97. The molecule has 0 spiro atoms. The average Bonchev–Trinajstić information content (AvgIpc) is 2.68. The molecule has 0 radical (unpaired) electrons. The molecule has 23 heavy (non-hydrogen) atoms. The SMILES string of the molecule is CC1(C)OB(C(F)=C(CN)c2cccc([N+](=O)[O-])c2)OC1(C)C. The van der Waals surface area contributed by atoms with Gasteiger partial charge < -0.3 is 15.0 Å². The van der Waals surface area contributed by atoms with Crippen molar-refractivity contribution >= 4 is 18.4 Å². The first-order valence-corrected chi connectivity index (χ1v) is 7.28. The van der Waals surface area contributed by atoms with E-state index >= 15 is 0 Å². The Bertz CT molecular complexity index is 645. The van der Waals surface area contributed by atoms with E-state index in [2.05, 4.69) is 0 Å². The standard InChI is InChI=1S/C15H20BFN2O4/c1-14(2)15(3,4)23-16(22-14)13(17)12(9-18)10-6-5-7-11(8-10)19(20)21/h5-8H,9,18H2,1-4H3. The molecule has 2 N–H and O–H groups in total. The highest BCUT2D eigenvalue weighted by molar-refractivity contribution is 6.55. The molecule has 0 aromatic heterocycles. The molecule has 0 amide bonds. The summed E-state index contributed by atoms with van der Waals surface area (Å²) in [4.78, 5) is 10.3. The molecule has 1 heterocycles. The second-order valence-electron chi connectivity index (χ2n) is 6.43. The minimum atomic E-state index is -1.18. The molecule has 0 saturated carbocycles. The highest BCUT2D eigenvalue weighted by Gasteiger charge is 2.53. The Balaban J connectivity index is 2.41. The van der Waals surface area contributed by atoms with Gasteiger partial charge in [0.05, 0.1) is 16.1 Å². The van der Waals surface area contributed by atoms with Gasteiger partial charge in [-0.2, -0.15) is 0 Å². The van der Waals surface area contributed by atoms with Gasteiger partial charge in [-0.3, -0.25) is 10.1 Å². The largest absolute Gasteiger partial charge is 0.525 e. The van der Waals surface area contributed by atoms with E-state index in [-0.39, 0.29) is 17.8 Å². The fourth-order valence-electron chi connectivity index (χ4n) is 2.25. The summed E-state index contributed by atoms with van der Waals surface area (Å²) in [5.74, 6) is 0. The van der Waals surface area contributed by atoms with Crippen LogP contribution in [0.3, 0.4) is 0 Å². The van der Waals surface area contributed by atoms with Crippen LogP contribution in [0, 0.1) is 10.1 Å². The Labute approximate surface area is 134 Å². The van der Waals surface area contributed by atoms with E-state index in [0.29, 0.717) is 5.56 Å². The van der Waals surface area contributed by atoms with Gasteiger partial charge in [-0.05, 0) is 33.3 Å². The third-order valence-corrected chi connectivity index (χ3v) is 4.36. The zero-order chi connectivity index (χ0) is 17.4. The first kappa shape index (κ1) is 17.6. The van der Waals surface area contributed by atoms with Crippen molar-refractivity contribution in [1.29, 1.82) is 0 Å². The van der Waals surface area contributed by atoms with Gasteiger partial charge in [0.15, 0.2) is 0 Å². The van der Waals surface area contributed by atoms with Gasteiger partial charge in [-0.15, -0.1) is 0 Å². The van der Waals surface area contributed by atoms with Crippen LogP contribution in [0.4, 0.5) is 10.1 Å². The Hall–Kier alpha value is -1.77. The lowest BCUT2D eigenvalue weighted by Gasteiger charge is -2.32. The molecule has 1 saturated heterocycles. The summed E-state index contributed by atoms with van der Waals surface area (Å²) < 4.78 is 26.2. The fraction of sp³-hybridized carbons (Fsp3) is 0.467. The quantitative estimate of drug-likeness (QED) is 0.523. The van der Waals surface area contributed by atoms with Crippen LogP contribution in [0.2, 0.25) is 0 Å². The van der Waals surface area contributed by atoms with E-state index in [0.717, 1.165) is 0 Å². The summed E-state index contributed by atoms with van der Waals surface area (Å²) in [6, 6.07) is 5.68. The second kappa shape index (κ2) is 6.03. The van der Waals surface area contributed by atoms with Gasteiger partial charge in [0, 0.05) is 24.3 Å². The average molecular weight is 322 g/mol. The smallest absolute Gasteiger partial charge is 0.398 e. The van der Waals surface area contributed by atoms with Gasteiger partial charge in [0.2, 0.25) is 0 Å². The molecule has 1 fully saturated rings. The molecule has 6 nitrogen and oxygen atoms in total. The van der Waals surface area contributed by atoms with Crippen LogP contribution in [-0.4, -0.2) is 29.8 Å². The normalized spacial score (nSPS) is 20.3. The second-order valence-corrected chi connectivity index (χ2v) is 6.43. The van der Waals surface area contributed by atoms with E-state index in [9.17, 15) is 14.5 Å². The van der Waals surface area contributed by atoms with Crippen LogP contribution in [0.5, 0.6) is 0 Å². The van der Waals surface area contributed by atoms with E-state index in [4.69, 9.17) is 15.0 Å². The molecule has 124 valence electrons. The molecule has 2 rings (SSSR count). The molecular weight excluding hydrogens is 302 g/mol. The van der Waals surface area contributed by atoms with Crippen molar-refractivity contribution in [1.82, 2.24) is 0 Å². The molecule has 8 heteroatoms. The maximum absolute atomic E-state index is 14.9. The fourth-order valence-corrected chi connectivity index (χ4v) is 2.25. The molecular formula is C15H20BFN2O4. The monoisotopic (exact) mass is 322 g/mol. The number of hydrogen-bond acceptors (Lipinski definition) is 5. The highest BCUT2D eigenvalue weighted by Crippen LogP contribution is 2.40. The Morgan fingerprint density at radius 2 is 1.87 bits per heavy atom. The number of halogens is 1. The minimum Gasteiger partial charge on any atom is -0.398 e. The van der Waals surface area contributed by atoms with E-state index in [1.165, 1.54) is 18.2 Å². The molecule has 0 bridgehead atoms. The van der Waals surface area contributed by atoms with Crippen molar-refractivity contribution in [2.75, 3.05) is 6.54 Å². The topological polar surface area (TPSA) is 87.6 Å². The predicted molar refractivity (Wildman–Crippen MR) is 86.3 cm³/mol. The maximum atomic E-state index is 14.9. The number of nitrogens with zero attached hydrogens (tertiary/aromatic N) is 1. The zero-order valence-electron chi connectivity index (χ0n) is 13.6. The molecule has 1 aromatic carbocycles. The Kier molecular flexibility index (Phi) is 4.61. The molecule has 1 aromatic rings. The van der Waals surface area contributed by atoms with Crippen LogP contribution in [0.25, 0.3) is 5.57 Å². The molecule has 0 unspecified atom stereocenters. The van der Waals surface area contributed by atoms with Crippen molar-refractivity contribution in [2.45, 2.75) is 38.9 Å². The lowest BCUT2D eigenvalue weighted by Crippen LogP contribution is -2.41. The van der Waals surface area contributed by atoms with Crippen LogP contribution in [0.15, 0.2) is 30.0 Å². The number of hydrogen-bond donors (Lipinski definition) is 1. The Morgan fingerprint density at radius 1 is 1.30 bits per heavy atom. The number of nitro groups is 1. The van der Waals surface area contributed by atoms with Gasteiger partial charge in [0.25, 0.3) is 5.69 Å². The van der Waals surface area contributed by atoms with E-state index in [1.807, 2.05) is 27.7 Å². The van der Waals surface area contributed by atoms with Crippen molar-refractivity contribution in [3.63, 3.8) is 0 Å². The summed E-state index contributed by atoms with van der Waals surface area (Å²) >= 11 is 0. The third-order valence-electron chi connectivity index (χ3n) is 4.36. The number of non-ortho nitro benzene ring substituents is 1. The van der Waals surface area contributed by atoms with Crippen LogP contribution in [-0.2, 0) is 9.31 Å². The highest BCUT2D eigenvalue weighted by atomic mass is 19.1. The predicted octanol–water partition coefficient (Wildman–Crippen LogP) is 2.87. The van der Waals surface area contributed by atoms with Crippen LogP contribution < -0.4 is 5.73 Å². The van der Waals surface area contributed by atoms with Crippen molar-refractivity contribution in [2.24, 2.45) is 5.73 Å². The van der Waals surface area contributed by atoms with Crippen molar-refractivity contribution in [3.05, 3.63) is 45.7 Å². The number of nitrogens with two attached hydrogens (primary N) is 1. The number of benzene rings is 1. The van der Waals surface area contributed by atoms with Crippen LogP contribution in [0.1, 0.15) is 33.3 Å². The Morgan fingerprint density at radius 3 is 2.35 bits per heavy atom. The van der Waals surface area contributed by atoms with Gasteiger partial charge in [-0.1, -0.05) is 12.1 Å². The number of nitro benzene ring substituents is 1. The first-order chi connectivity index (χ1) is 10.6. The number of rotatable bonds is 4. The summed E-state index contributed by atoms with van der Waals surface area (Å²) in [7, 11) is -1.18.